The van der Waals surface area contributed by atoms with E-state index in [2.05, 4.69) is 10.0 Å². The molecule has 4 N–H and O–H groups in total. The van der Waals surface area contributed by atoms with E-state index < -0.39 is 32.7 Å². The lowest BCUT2D eigenvalue weighted by Gasteiger charge is -2.15. The van der Waals surface area contributed by atoms with Crippen LogP contribution in [0.2, 0.25) is 0 Å². The first-order chi connectivity index (χ1) is 8.79. The number of hydrogen-bond acceptors (Lipinski definition) is 4. The van der Waals surface area contributed by atoms with Gasteiger partial charge in [-0.1, -0.05) is 6.07 Å². The van der Waals surface area contributed by atoms with E-state index in [-0.39, 0.29) is 5.69 Å². The summed E-state index contributed by atoms with van der Waals surface area (Å²) < 4.78 is 39.6. The molecule has 19 heavy (non-hydrogen) atoms. The Morgan fingerprint density at radius 2 is 2.11 bits per heavy atom. The fraction of sp³-hybridized carbons (Fsp3) is 0.364. The van der Waals surface area contributed by atoms with Crippen LogP contribution < -0.4 is 15.8 Å². The van der Waals surface area contributed by atoms with Crippen molar-refractivity contribution < 1.29 is 17.6 Å². The molecule has 1 aromatic carbocycles. The Balaban J connectivity index is 3.03. The van der Waals surface area contributed by atoms with Crippen LogP contribution in [-0.2, 0) is 14.8 Å². The molecule has 1 unspecified atom stereocenters. The van der Waals surface area contributed by atoms with Crippen molar-refractivity contribution in [1.29, 1.82) is 0 Å². The van der Waals surface area contributed by atoms with Crippen molar-refractivity contribution in [3.05, 3.63) is 24.0 Å². The van der Waals surface area contributed by atoms with Gasteiger partial charge in [-0.05, 0) is 26.0 Å². The largest absolute Gasteiger partial charge is 0.398 e. The van der Waals surface area contributed by atoms with Crippen molar-refractivity contribution in [2.75, 3.05) is 12.3 Å². The summed E-state index contributed by atoms with van der Waals surface area (Å²) in [6.07, 6.45) is 0. The Morgan fingerprint density at radius 3 is 2.63 bits per heavy atom. The number of rotatable bonds is 5. The molecule has 0 bridgehead atoms. The summed E-state index contributed by atoms with van der Waals surface area (Å²) in [6, 6.07) is 2.54. The summed E-state index contributed by atoms with van der Waals surface area (Å²) in [4.78, 5) is 10.8. The maximum atomic E-state index is 13.5. The average Bonchev–Trinajstić information content (AvgIpc) is 2.27. The molecule has 1 aromatic rings. The van der Waals surface area contributed by atoms with Crippen molar-refractivity contribution in [3.63, 3.8) is 0 Å². The molecule has 1 amide bonds. The number of nitrogen functional groups attached to an aromatic ring is 1. The van der Waals surface area contributed by atoms with Gasteiger partial charge in [0.15, 0.2) is 0 Å². The molecule has 0 aliphatic carbocycles. The molecule has 0 aliphatic rings. The number of halogens is 1. The lowest BCUT2D eigenvalue weighted by atomic mass is 10.3. The van der Waals surface area contributed by atoms with E-state index in [0.29, 0.717) is 6.54 Å². The number of likely N-dealkylation sites (N-methyl/N-ethyl adjacent to an activating group) is 1. The third-order valence-electron chi connectivity index (χ3n) is 2.34. The van der Waals surface area contributed by atoms with E-state index in [1.54, 1.807) is 6.92 Å². The minimum absolute atomic E-state index is 0.212. The van der Waals surface area contributed by atoms with Crippen LogP contribution >= 0.6 is 0 Å². The maximum Gasteiger partial charge on any atom is 0.246 e. The van der Waals surface area contributed by atoms with Crippen molar-refractivity contribution in [2.24, 2.45) is 0 Å². The first-order valence-electron chi connectivity index (χ1n) is 5.63. The van der Waals surface area contributed by atoms with E-state index in [1.807, 2.05) is 0 Å². The smallest absolute Gasteiger partial charge is 0.246 e. The molecule has 0 radical (unpaired) electrons. The van der Waals surface area contributed by atoms with Crippen LogP contribution in [0.4, 0.5) is 10.1 Å². The second-order valence-electron chi connectivity index (χ2n) is 3.90. The SMILES string of the molecule is CCNC(=O)C(C)NS(=O)(=O)c1c(N)cccc1F. The normalized spacial score (nSPS) is 13.0. The fourth-order valence-corrected chi connectivity index (χ4v) is 2.87. The van der Waals surface area contributed by atoms with Gasteiger partial charge in [-0.25, -0.2) is 12.8 Å². The Hall–Kier alpha value is -1.67. The predicted molar refractivity (Wildman–Crippen MR) is 69.3 cm³/mol. The summed E-state index contributed by atoms with van der Waals surface area (Å²) in [5, 5.41) is 2.46. The van der Waals surface area contributed by atoms with Crippen molar-refractivity contribution in [3.8, 4) is 0 Å². The molecule has 0 heterocycles. The van der Waals surface area contributed by atoms with Crippen LogP contribution in [0.1, 0.15) is 13.8 Å². The molecule has 0 aromatic heterocycles. The summed E-state index contributed by atoms with van der Waals surface area (Å²) >= 11 is 0. The van der Waals surface area contributed by atoms with Crippen LogP contribution in [0.3, 0.4) is 0 Å². The average molecular weight is 289 g/mol. The number of nitrogens with two attached hydrogens (primary N) is 1. The Kier molecular flexibility index (Phi) is 4.84. The third kappa shape index (κ3) is 3.65. The van der Waals surface area contributed by atoms with Gasteiger partial charge >= 0.3 is 0 Å². The molecule has 0 saturated heterocycles. The van der Waals surface area contributed by atoms with Crippen molar-refractivity contribution >= 4 is 21.6 Å². The number of carbonyl (C=O) groups is 1. The number of benzene rings is 1. The highest BCUT2D eigenvalue weighted by atomic mass is 32.2. The Morgan fingerprint density at radius 1 is 1.47 bits per heavy atom. The van der Waals surface area contributed by atoms with Crippen LogP contribution in [0.5, 0.6) is 0 Å². The lowest BCUT2D eigenvalue weighted by molar-refractivity contribution is -0.122. The molecule has 6 nitrogen and oxygen atoms in total. The Labute approximate surface area is 111 Å². The van der Waals surface area contributed by atoms with Gasteiger partial charge in [-0.3, -0.25) is 4.79 Å². The molecule has 0 saturated carbocycles. The number of nitrogens with one attached hydrogen (secondary N) is 2. The number of amides is 1. The molecular weight excluding hydrogens is 273 g/mol. The van der Waals surface area contributed by atoms with Gasteiger partial charge in [0.1, 0.15) is 10.7 Å². The molecule has 1 atom stereocenters. The number of hydrogen-bond donors (Lipinski definition) is 3. The maximum absolute atomic E-state index is 13.5. The fourth-order valence-electron chi connectivity index (χ4n) is 1.48. The third-order valence-corrected chi connectivity index (χ3v) is 3.97. The van der Waals surface area contributed by atoms with E-state index >= 15 is 0 Å². The Bertz CT molecular complexity index is 554. The van der Waals surface area contributed by atoms with Gasteiger partial charge in [-0.2, -0.15) is 4.72 Å². The highest BCUT2D eigenvalue weighted by Gasteiger charge is 2.26. The number of carbonyl (C=O) groups excluding carboxylic acids is 1. The van der Waals surface area contributed by atoms with Gasteiger partial charge in [0.2, 0.25) is 15.9 Å². The van der Waals surface area contributed by atoms with E-state index in [0.717, 1.165) is 6.07 Å². The molecule has 0 aliphatic heterocycles. The first-order valence-corrected chi connectivity index (χ1v) is 7.12. The standard InChI is InChI=1S/C11H16FN3O3S/c1-3-14-11(16)7(2)15-19(17,18)10-8(12)5-4-6-9(10)13/h4-7,15H,3,13H2,1-2H3,(H,14,16). The van der Waals surface area contributed by atoms with E-state index in [9.17, 15) is 17.6 Å². The number of anilines is 1. The van der Waals surface area contributed by atoms with E-state index in [4.69, 9.17) is 5.73 Å². The second kappa shape index (κ2) is 5.98. The topological polar surface area (TPSA) is 101 Å². The predicted octanol–water partition coefficient (Wildman–Crippen LogP) is 0.211. The van der Waals surface area contributed by atoms with Crippen molar-refractivity contribution in [2.45, 2.75) is 24.8 Å². The van der Waals surface area contributed by atoms with Gasteiger partial charge in [0.05, 0.1) is 11.7 Å². The zero-order chi connectivity index (χ0) is 14.6. The minimum Gasteiger partial charge on any atom is -0.398 e. The number of sulfonamides is 1. The molecule has 0 fully saturated rings. The summed E-state index contributed by atoms with van der Waals surface area (Å²) in [7, 11) is -4.20. The van der Waals surface area contributed by atoms with Crippen molar-refractivity contribution in [1.82, 2.24) is 10.0 Å². The van der Waals surface area contributed by atoms with Crippen LogP contribution in [0.15, 0.2) is 23.1 Å². The molecular formula is C11H16FN3O3S. The molecule has 106 valence electrons. The molecule has 8 heteroatoms. The van der Waals surface area contributed by atoms with Gasteiger partial charge in [0, 0.05) is 6.54 Å². The summed E-state index contributed by atoms with van der Waals surface area (Å²) in [6.45, 7) is 3.43. The summed E-state index contributed by atoms with van der Waals surface area (Å²) in [5.74, 6) is -1.46. The van der Waals surface area contributed by atoms with Gasteiger partial charge < -0.3 is 11.1 Å². The van der Waals surface area contributed by atoms with Crippen LogP contribution in [0, 0.1) is 5.82 Å². The highest BCUT2D eigenvalue weighted by molar-refractivity contribution is 7.89. The zero-order valence-corrected chi connectivity index (χ0v) is 11.4. The second-order valence-corrected chi connectivity index (χ2v) is 5.55. The minimum atomic E-state index is -4.20. The first kappa shape index (κ1) is 15.4. The van der Waals surface area contributed by atoms with E-state index in [1.165, 1.54) is 19.1 Å². The molecule has 1 rings (SSSR count). The lowest BCUT2D eigenvalue weighted by Crippen LogP contribution is -2.44. The molecule has 0 spiro atoms. The highest BCUT2D eigenvalue weighted by Crippen LogP contribution is 2.21. The van der Waals surface area contributed by atoms with Crippen LogP contribution in [0.25, 0.3) is 0 Å². The van der Waals surface area contributed by atoms with Crippen LogP contribution in [-0.4, -0.2) is 26.9 Å². The van der Waals surface area contributed by atoms with Gasteiger partial charge in [0.25, 0.3) is 0 Å². The summed E-state index contributed by atoms with van der Waals surface area (Å²) in [5.41, 5.74) is 5.25. The quantitative estimate of drug-likeness (QED) is 0.674. The van der Waals surface area contributed by atoms with Gasteiger partial charge in [-0.15, -0.1) is 0 Å². The zero-order valence-electron chi connectivity index (χ0n) is 10.6. The monoisotopic (exact) mass is 289 g/mol.